The number of aromatic nitrogens is 4. The Kier molecular flexibility index (Phi) is 3.87. The molecule has 0 aliphatic heterocycles. The fraction of sp³-hybridized carbons (Fsp3) is 0.125. The molecular formula is C16H16N6O2. The van der Waals surface area contributed by atoms with E-state index in [1.165, 1.54) is 4.68 Å². The zero-order chi connectivity index (χ0) is 17.3. The number of anilines is 1. The third-order valence-electron chi connectivity index (χ3n) is 3.33. The summed E-state index contributed by atoms with van der Waals surface area (Å²) in [5.74, 6) is 1.35. The molecule has 2 heterocycles. The van der Waals surface area contributed by atoms with Gasteiger partial charge in [0, 0.05) is 6.07 Å². The summed E-state index contributed by atoms with van der Waals surface area (Å²) in [6, 6.07) is 10.8. The van der Waals surface area contributed by atoms with E-state index in [-0.39, 0.29) is 11.4 Å². The summed E-state index contributed by atoms with van der Waals surface area (Å²) in [6.07, 6.45) is 0. The van der Waals surface area contributed by atoms with Crippen LogP contribution in [0.5, 0.6) is 11.6 Å². The first-order valence-electron chi connectivity index (χ1n) is 7.19. The maximum Gasteiger partial charge on any atom is 0.254 e. The average Bonchev–Trinajstić information content (AvgIpc) is 2.82. The molecule has 2 aromatic heterocycles. The second kappa shape index (κ2) is 5.99. The van der Waals surface area contributed by atoms with E-state index in [1.54, 1.807) is 19.9 Å². The summed E-state index contributed by atoms with van der Waals surface area (Å²) in [6.45, 7) is 3.38. The largest absolute Gasteiger partial charge is 0.439 e. The van der Waals surface area contributed by atoms with Gasteiger partial charge in [0.15, 0.2) is 5.82 Å². The first-order valence-corrected chi connectivity index (χ1v) is 7.19. The first-order chi connectivity index (χ1) is 11.5. The van der Waals surface area contributed by atoms with Gasteiger partial charge in [-0.3, -0.25) is 4.79 Å². The molecule has 0 unspecified atom stereocenters. The van der Waals surface area contributed by atoms with Gasteiger partial charge in [-0.25, -0.2) is 4.98 Å². The first kappa shape index (κ1) is 15.5. The van der Waals surface area contributed by atoms with E-state index >= 15 is 0 Å². The summed E-state index contributed by atoms with van der Waals surface area (Å²) in [4.78, 5) is 20.0. The van der Waals surface area contributed by atoms with Crippen LogP contribution in [-0.4, -0.2) is 25.7 Å². The number of aryl methyl sites for hydroxylation is 2. The van der Waals surface area contributed by atoms with Crippen LogP contribution in [0.15, 0.2) is 36.4 Å². The Hall–Kier alpha value is -3.42. The Bertz CT molecular complexity index is 904. The number of primary amides is 1. The number of rotatable bonds is 4. The molecular weight excluding hydrogens is 308 g/mol. The van der Waals surface area contributed by atoms with Gasteiger partial charge in [0.2, 0.25) is 5.88 Å². The summed E-state index contributed by atoms with van der Waals surface area (Å²) in [7, 11) is 0. The van der Waals surface area contributed by atoms with Crippen molar-refractivity contribution in [3.63, 3.8) is 0 Å². The number of amides is 1. The number of para-hydroxylation sites is 1. The molecule has 0 fully saturated rings. The Labute approximate surface area is 138 Å². The van der Waals surface area contributed by atoms with Crippen molar-refractivity contribution < 1.29 is 9.53 Å². The average molecular weight is 324 g/mol. The van der Waals surface area contributed by atoms with Crippen molar-refractivity contribution in [3.05, 3.63) is 53.5 Å². The van der Waals surface area contributed by atoms with Crippen molar-refractivity contribution in [2.75, 3.05) is 5.73 Å². The lowest BCUT2D eigenvalue weighted by Crippen LogP contribution is -2.14. The number of nitrogen functional groups attached to an aromatic ring is 1. The van der Waals surface area contributed by atoms with Crippen LogP contribution in [0.25, 0.3) is 5.82 Å². The molecule has 0 radical (unpaired) electrons. The van der Waals surface area contributed by atoms with Gasteiger partial charge in [0.1, 0.15) is 23.0 Å². The van der Waals surface area contributed by atoms with Gasteiger partial charge in [-0.05, 0) is 26.0 Å². The summed E-state index contributed by atoms with van der Waals surface area (Å²) < 4.78 is 7.07. The fourth-order valence-electron chi connectivity index (χ4n) is 2.32. The minimum atomic E-state index is -0.636. The molecule has 1 aromatic carbocycles. The molecule has 8 nitrogen and oxygen atoms in total. The molecule has 24 heavy (non-hydrogen) atoms. The van der Waals surface area contributed by atoms with E-state index in [9.17, 15) is 4.79 Å². The maximum absolute atomic E-state index is 11.5. The van der Waals surface area contributed by atoms with Crippen LogP contribution in [0.3, 0.4) is 0 Å². The quantitative estimate of drug-likeness (QED) is 0.754. The van der Waals surface area contributed by atoms with Crippen LogP contribution in [0.2, 0.25) is 0 Å². The van der Waals surface area contributed by atoms with Crippen molar-refractivity contribution in [1.29, 1.82) is 0 Å². The molecule has 0 saturated heterocycles. The van der Waals surface area contributed by atoms with Crippen LogP contribution >= 0.6 is 0 Å². The molecule has 3 rings (SSSR count). The summed E-state index contributed by atoms with van der Waals surface area (Å²) in [5.41, 5.74) is 11.9. The molecule has 0 aliphatic carbocycles. The number of hydrogen-bond donors (Lipinski definition) is 2. The lowest BCUT2D eigenvalue weighted by molar-refractivity contribution is 0.100. The van der Waals surface area contributed by atoms with E-state index in [1.807, 2.05) is 30.3 Å². The van der Waals surface area contributed by atoms with E-state index in [4.69, 9.17) is 16.2 Å². The molecule has 122 valence electrons. The number of ether oxygens (including phenoxy) is 1. The highest BCUT2D eigenvalue weighted by Gasteiger charge is 2.19. The van der Waals surface area contributed by atoms with Crippen LogP contribution in [-0.2, 0) is 0 Å². The van der Waals surface area contributed by atoms with Crippen LogP contribution in [0.4, 0.5) is 5.82 Å². The van der Waals surface area contributed by atoms with Gasteiger partial charge >= 0.3 is 0 Å². The van der Waals surface area contributed by atoms with Crippen molar-refractivity contribution in [2.24, 2.45) is 5.73 Å². The summed E-state index contributed by atoms with van der Waals surface area (Å²) >= 11 is 0. The highest BCUT2D eigenvalue weighted by Crippen LogP contribution is 2.24. The second-order valence-electron chi connectivity index (χ2n) is 5.15. The van der Waals surface area contributed by atoms with Crippen LogP contribution in [0, 0.1) is 13.8 Å². The van der Waals surface area contributed by atoms with Crippen LogP contribution in [0.1, 0.15) is 21.9 Å². The standard InChI is InChI=1S/C16H16N6O2/c1-9-14(16(18)23)15(17)22(21-9)12-8-13(20-10(2)19-12)24-11-6-4-3-5-7-11/h3-8H,17H2,1-2H3,(H2,18,23). The topological polar surface area (TPSA) is 122 Å². The highest BCUT2D eigenvalue weighted by atomic mass is 16.5. The minimum Gasteiger partial charge on any atom is -0.439 e. The molecule has 1 amide bonds. The molecule has 0 saturated carbocycles. The lowest BCUT2D eigenvalue weighted by Gasteiger charge is -2.08. The third-order valence-corrected chi connectivity index (χ3v) is 3.33. The molecule has 0 aliphatic rings. The number of hydrogen-bond acceptors (Lipinski definition) is 6. The molecule has 4 N–H and O–H groups in total. The van der Waals surface area contributed by atoms with Gasteiger partial charge < -0.3 is 16.2 Å². The Morgan fingerprint density at radius 3 is 2.50 bits per heavy atom. The van der Waals surface area contributed by atoms with Crippen molar-refractivity contribution in [3.8, 4) is 17.4 Å². The normalized spacial score (nSPS) is 10.6. The van der Waals surface area contributed by atoms with E-state index in [0.717, 1.165) is 0 Å². The highest BCUT2D eigenvalue weighted by molar-refractivity contribution is 5.98. The van der Waals surface area contributed by atoms with Gasteiger partial charge in [0.05, 0.1) is 5.69 Å². The molecule has 0 spiro atoms. The number of nitrogens with zero attached hydrogens (tertiary/aromatic N) is 4. The Morgan fingerprint density at radius 2 is 1.88 bits per heavy atom. The zero-order valence-corrected chi connectivity index (χ0v) is 13.2. The van der Waals surface area contributed by atoms with Crippen molar-refractivity contribution in [2.45, 2.75) is 13.8 Å². The van der Waals surface area contributed by atoms with Gasteiger partial charge in [0.25, 0.3) is 5.91 Å². The number of nitrogens with two attached hydrogens (primary N) is 2. The zero-order valence-electron chi connectivity index (χ0n) is 13.2. The van der Waals surface area contributed by atoms with E-state index < -0.39 is 5.91 Å². The summed E-state index contributed by atoms with van der Waals surface area (Å²) in [5, 5.41) is 4.24. The SMILES string of the molecule is Cc1nc(Oc2ccccc2)cc(-n2nc(C)c(C(N)=O)c2N)n1. The second-order valence-corrected chi connectivity index (χ2v) is 5.15. The molecule has 3 aromatic rings. The number of carbonyl (C=O) groups excluding carboxylic acids is 1. The molecule has 0 atom stereocenters. The number of benzene rings is 1. The predicted molar refractivity (Wildman–Crippen MR) is 88.1 cm³/mol. The molecule has 8 heteroatoms. The smallest absolute Gasteiger partial charge is 0.254 e. The third kappa shape index (κ3) is 2.89. The fourth-order valence-corrected chi connectivity index (χ4v) is 2.32. The van der Waals surface area contributed by atoms with Gasteiger partial charge in [-0.1, -0.05) is 18.2 Å². The van der Waals surface area contributed by atoms with Gasteiger partial charge in [-0.2, -0.15) is 14.8 Å². The van der Waals surface area contributed by atoms with E-state index in [0.29, 0.717) is 29.0 Å². The monoisotopic (exact) mass is 324 g/mol. The molecule has 0 bridgehead atoms. The van der Waals surface area contributed by atoms with E-state index in [2.05, 4.69) is 15.1 Å². The van der Waals surface area contributed by atoms with Crippen LogP contribution < -0.4 is 16.2 Å². The van der Waals surface area contributed by atoms with Crippen molar-refractivity contribution in [1.82, 2.24) is 19.7 Å². The Morgan fingerprint density at radius 1 is 1.17 bits per heavy atom. The van der Waals surface area contributed by atoms with Crippen molar-refractivity contribution >= 4 is 11.7 Å². The minimum absolute atomic E-state index is 0.128. The maximum atomic E-state index is 11.5. The predicted octanol–water partition coefficient (Wildman–Crippen LogP) is 1.75. The van der Waals surface area contributed by atoms with Gasteiger partial charge in [-0.15, -0.1) is 0 Å². The lowest BCUT2D eigenvalue weighted by atomic mass is 10.2. The Balaban J connectivity index is 2.04. The number of carbonyl (C=O) groups is 1.